The van der Waals surface area contributed by atoms with E-state index in [0.717, 1.165) is 12.1 Å². The van der Waals surface area contributed by atoms with Crippen LogP contribution in [0.5, 0.6) is 11.5 Å². The van der Waals surface area contributed by atoms with Crippen molar-refractivity contribution in [1.29, 1.82) is 0 Å². The van der Waals surface area contributed by atoms with E-state index in [1.54, 1.807) is 18.2 Å². The van der Waals surface area contributed by atoms with Crippen LogP contribution in [0.1, 0.15) is 6.42 Å². The third kappa shape index (κ3) is 4.58. The Morgan fingerprint density at radius 2 is 1.79 bits per heavy atom. The SMILES string of the molecule is COc1ccc(NC(=O)CCNc2ccc(F)cc2F)cc1OC. The van der Waals surface area contributed by atoms with Gasteiger partial charge in [0.2, 0.25) is 5.91 Å². The second-order valence-electron chi connectivity index (χ2n) is 4.92. The fourth-order valence-electron chi connectivity index (χ4n) is 2.08. The fraction of sp³-hybridized carbons (Fsp3) is 0.235. The maximum atomic E-state index is 13.4. The van der Waals surface area contributed by atoms with Crippen molar-refractivity contribution in [2.24, 2.45) is 0 Å². The molecule has 0 aliphatic heterocycles. The van der Waals surface area contributed by atoms with Gasteiger partial charge in [-0.25, -0.2) is 8.78 Å². The van der Waals surface area contributed by atoms with Gasteiger partial charge in [-0.05, 0) is 24.3 Å². The van der Waals surface area contributed by atoms with E-state index in [1.807, 2.05) is 0 Å². The topological polar surface area (TPSA) is 59.6 Å². The van der Waals surface area contributed by atoms with Crippen LogP contribution < -0.4 is 20.1 Å². The minimum atomic E-state index is -0.699. The molecule has 0 atom stereocenters. The Kier molecular flexibility index (Phi) is 5.95. The Bertz CT molecular complexity index is 723. The highest BCUT2D eigenvalue weighted by Crippen LogP contribution is 2.29. The van der Waals surface area contributed by atoms with Crippen molar-refractivity contribution in [3.05, 3.63) is 48.0 Å². The van der Waals surface area contributed by atoms with Crippen molar-refractivity contribution in [1.82, 2.24) is 0 Å². The first-order valence-corrected chi connectivity index (χ1v) is 7.24. The van der Waals surface area contributed by atoms with E-state index in [0.29, 0.717) is 17.2 Å². The number of amides is 1. The third-order valence-electron chi connectivity index (χ3n) is 3.27. The summed E-state index contributed by atoms with van der Waals surface area (Å²) in [4.78, 5) is 11.9. The summed E-state index contributed by atoms with van der Waals surface area (Å²) in [6.45, 7) is 0.210. The van der Waals surface area contributed by atoms with Gasteiger partial charge in [-0.3, -0.25) is 4.79 Å². The summed E-state index contributed by atoms with van der Waals surface area (Å²) in [5.74, 6) is -0.539. The maximum Gasteiger partial charge on any atom is 0.226 e. The molecule has 7 heteroatoms. The molecule has 2 N–H and O–H groups in total. The number of halogens is 2. The number of carbonyl (C=O) groups excluding carboxylic acids is 1. The Morgan fingerprint density at radius 1 is 1.04 bits per heavy atom. The van der Waals surface area contributed by atoms with Gasteiger partial charge >= 0.3 is 0 Å². The second kappa shape index (κ2) is 8.14. The second-order valence-corrected chi connectivity index (χ2v) is 4.92. The average molecular weight is 336 g/mol. The predicted octanol–water partition coefficient (Wildman–Crippen LogP) is 3.42. The standard InChI is InChI=1S/C17H18F2N2O3/c1-23-15-6-4-12(10-16(15)24-2)21-17(22)7-8-20-14-5-3-11(18)9-13(14)19/h3-6,9-10,20H,7-8H2,1-2H3,(H,21,22). The smallest absolute Gasteiger partial charge is 0.226 e. The molecule has 5 nitrogen and oxygen atoms in total. The molecule has 0 saturated carbocycles. The Labute approximate surface area is 138 Å². The van der Waals surface area contributed by atoms with Gasteiger partial charge in [0.25, 0.3) is 0 Å². The highest BCUT2D eigenvalue weighted by Gasteiger charge is 2.08. The summed E-state index contributed by atoms with van der Waals surface area (Å²) in [5.41, 5.74) is 0.709. The lowest BCUT2D eigenvalue weighted by molar-refractivity contribution is -0.115. The van der Waals surface area contributed by atoms with Gasteiger partial charge in [-0.1, -0.05) is 0 Å². The zero-order valence-corrected chi connectivity index (χ0v) is 13.4. The van der Waals surface area contributed by atoms with Gasteiger partial charge in [0.15, 0.2) is 11.5 Å². The molecule has 1 amide bonds. The highest BCUT2D eigenvalue weighted by atomic mass is 19.1. The Morgan fingerprint density at radius 3 is 2.46 bits per heavy atom. The molecular weight excluding hydrogens is 318 g/mol. The van der Waals surface area contributed by atoms with Gasteiger partial charge in [0, 0.05) is 30.8 Å². The number of carbonyl (C=O) groups is 1. The van der Waals surface area contributed by atoms with Crippen LogP contribution in [0.15, 0.2) is 36.4 Å². The van der Waals surface area contributed by atoms with E-state index in [1.165, 1.54) is 20.3 Å². The van der Waals surface area contributed by atoms with Crippen molar-refractivity contribution >= 4 is 17.3 Å². The van der Waals surface area contributed by atoms with E-state index in [9.17, 15) is 13.6 Å². The van der Waals surface area contributed by atoms with Crippen LogP contribution in [0.2, 0.25) is 0 Å². The molecule has 0 spiro atoms. The van der Waals surface area contributed by atoms with E-state index in [2.05, 4.69) is 10.6 Å². The van der Waals surface area contributed by atoms with Gasteiger partial charge in [-0.2, -0.15) is 0 Å². The van der Waals surface area contributed by atoms with Crippen molar-refractivity contribution in [3.8, 4) is 11.5 Å². The molecule has 0 fully saturated rings. The summed E-state index contributed by atoms with van der Waals surface area (Å²) >= 11 is 0. The molecule has 2 aromatic carbocycles. The number of ether oxygens (including phenoxy) is 2. The van der Waals surface area contributed by atoms with Crippen LogP contribution in [-0.4, -0.2) is 26.7 Å². The molecule has 2 rings (SSSR count). The van der Waals surface area contributed by atoms with E-state index in [4.69, 9.17) is 9.47 Å². The molecule has 128 valence electrons. The number of anilines is 2. The van der Waals surface area contributed by atoms with Crippen LogP contribution >= 0.6 is 0 Å². The summed E-state index contributed by atoms with van der Waals surface area (Å²) in [5, 5.41) is 5.46. The summed E-state index contributed by atoms with van der Waals surface area (Å²) in [6.07, 6.45) is 0.116. The number of benzene rings is 2. The molecular formula is C17H18F2N2O3. The van der Waals surface area contributed by atoms with Crippen LogP contribution in [0.3, 0.4) is 0 Å². The van der Waals surface area contributed by atoms with Crippen LogP contribution in [0.4, 0.5) is 20.2 Å². The lowest BCUT2D eigenvalue weighted by Gasteiger charge is -2.11. The Balaban J connectivity index is 1.87. The summed E-state index contributed by atoms with van der Waals surface area (Å²) < 4.78 is 36.5. The Hall–Kier alpha value is -2.83. The number of hydrogen-bond donors (Lipinski definition) is 2. The predicted molar refractivity (Wildman–Crippen MR) is 87.6 cm³/mol. The van der Waals surface area contributed by atoms with E-state index in [-0.39, 0.29) is 24.6 Å². The molecule has 0 bridgehead atoms. The maximum absolute atomic E-state index is 13.4. The largest absolute Gasteiger partial charge is 0.493 e. The van der Waals surface area contributed by atoms with Gasteiger partial charge < -0.3 is 20.1 Å². The third-order valence-corrected chi connectivity index (χ3v) is 3.27. The lowest BCUT2D eigenvalue weighted by atomic mass is 10.2. The van der Waals surface area contributed by atoms with Crippen molar-refractivity contribution in [3.63, 3.8) is 0 Å². The first-order chi connectivity index (χ1) is 11.5. The molecule has 0 aliphatic rings. The van der Waals surface area contributed by atoms with Gasteiger partial charge in [-0.15, -0.1) is 0 Å². The monoisotopic (exact) mass is 336 g/mol. The van der Waals surface area contributed by atoms with Crippen LogP contribution in [-0.2, 0) is 4.79 Å². The molecule has 0 heterocycles. The molecule has 0 aromatic heterocycles. The van der Waals surface area contributed by atoms with Crippen LogP contribution in [0.25, 0.3) is 0 Å². The number of methoxy groups -OCH3 is 2. The zero-order chi connectivity index (χ0) is 17.5. The first kappa shape index (κ1) is 17.5. The molecule has 0 saturated heterocycles. The molecule has 2 aromatic rings. The lowest BCUT2D eigenvalue weighted by Crippen LogP contribution is -2.16. The minimum absolute atomic E-state index is 0.116. The van der Waals surface area contributed by atoms with Gasteiger partial charge in [0.05, 0.1) is 19.9 Å². The average Bonchev–Trinajstić information content (AvgIpc) is 2.56. The number of nitrogens with one attached hydrogen (secondary N) is 2. The zero-order valence-electron chi connectivity index (χ0n) is 13.4. The van der Waals surface area contributed by atoms with E-state index >= 15 is 0 Å². The van der Waals surface area contributed by atoms with Crippen molar-refractivity contribution in [2.75, 3.05) is 31.4 Å². The first-order valence-electron chi connectivity index (χ1n) is 7.24. The normalized spacial score (nSPS) is 10.2. The molecule has 24 heavy (non-hydrogen) atoms. The summed E-state index contributed by atoms with van der Waals surface area (Å²) in [7, 11) is 3.03. The van der Waals surface area contributed by atoms with Crippen molar-refractivity contribution in [2.45, 2.75) is 6.42 Å². The highest BCUT2D eigenvalue weighted by molar-refractivity contribution is 5.91. The van der Waals surface area contributed by atoms with Crippen LogP contribution in [0, 0.1) is 11.6 Å². The molecule has 0 unspecified atom stereocenters. The number of rotatable bonds is 7. The molecule has 0 aliphatic carbocycles. The number of hydrogen-bond acceptors (Lipinski definition) is 4. The van der Waals surface area contributed by atoms with E-state index < -0.39 is 11.6 Å². The molecule has 0 radical (unpaired) electrons. The minimum Gasteiger partial charge on any atom is -0.493 e. The van der Waals surface area contributed by atoms with Crippen molar-refractivity contribution < 1.29 is 23.0 Å². The summed E-state index contributed by atoms with van der Waals surface area (Å²) in [6, 6.07) is 8.23. The van der Waals surface area contributed by atoms with Gasteiger partial charge in [0.1, 0.15) is 11.6 Å². The fourth-order valence-corrected chi connectivity index (χ4v) is 2.08. The quantitative estimate of drug-likeness (QED) is 0.813.